The highest BCUT2D eigenvalue weighted by molar-refractivity contribution is 9.09. The van der Waals surface area contributed by atoms with Crippen molar-refractivity contribution < 1.29 is 9.53 Å². The smallest absolute Gasteiger partial charge is 0.308 e. The van der Waals surface area contributed by atoms with Crippen molar-refractivity contribution in [1.29, 1.82) is 0 Å². The van der Waals surface area contributed by atoms with Crippen molar-refractivity contribution >= 4 is 21.9 Å². The van der Waals surface area contributed by atoms with Gasteiger partial charge in [0.2, 0.25) is 0 Å². The number of esters is 1. The number of rotatable bonds is 2. The van der Waals surface area contributed by atoms with E-state index >= 15 is 0 Å². The van der Waals surface area contributed by atoms with E-state index in [9.17, 15) is 4.79 Å². The van der Waals surface area contributed by atoms with Crippen molar-refractivity contribution in [3.8, 4) is 5.75 Å². The maximum atomic E-state index is 11.2. The predicted octanol–water partition coefficient (Wildman–Crippen LogP) is 5.79. The monoisotopic (exact) mass is 402 g/mol. The molecule has 3 aliphatic rings. The highest BCUT2D eigenvalue weighted by Gasteiger charge is 2.52. The molecule has 3 aliphatic carbocycles. The van der Waals surface area contributed by atoms with Crippen molar-refractivity contribution in [2.75, 3.05) is 5.33 Å². The molecule has 0 aliphatic heterocycles. The highest BCUT2D eigenvalue weighted by Crippen LogP contribution is 2.62. The molecule has 0 spiro atoms. The highest BCUT2D eigenvalue weighted by atomic mass is 79.9. The van der Waals surface area contributed by atoms with E-state index in [4.69, 9.17) is 4.74 Å². The van der Waals surface area contributed by atoms with E-state index in [0.717, 1.165) is 23.6 Å². The average Bonchev–Trinajstić information content (AvgIpc) is 2.91. The molecule has 0 unspecified atom stereocenters. The van der Waals surface area contributed by atoms with Gasteiger partial charge in [-0.05, 0) is 85.0 Å². The molecule has 2 nitrogen and oxygen atoms in total. The van der Waals surface area contributed by atoms with Crippen molar-refractivity contribution in [2.45, 2.75) is 58.3 Å². The van der Waals surface area contributed by atoms with Crippen molar-refractivity contribution in [3.05, 3.63) is 41.0 Å². The lowest BCUT2D eigenvalue weighted by Crippen LogP contribution is -2.40. The molecular weight excluding hydrogens is 376 g/mol. The van der Waals surface area contributed by atoms with Gasteiger partial charge in [0, 0.05) is 12.3 Å². The molecule has 0 radical (unpaired) electrons. The first kappa shape index (κ1) is 17.3. The molecule has 0 aromatic heterocycles. The summed E-state index contributed by atoms with van der Waals surface area (Å²) in [5.74, 6) is 2.80. The molecule has 4 atom stereocenters. The zero-order valence-corrected chi connectivity index (χ0v) is 16.8. The topological polar surface area (TPSA) is 26.3 Å². The second kappa shape index (κ2) is 6.57. The van der Waals surface area contributed by atoms with E-state index in [1.165, 1.54) is 50.2 Å². The number of halogens is 1. The van der Waals surface area contributed by atoms with Crippen LogP contribution in [0, 0.1) is 17.3 Å². The second-order valence-corrected chi connectivity index (χ2v) is 8.90. The zero-order valence-electron chi connectivity index (χ0n) is 15.2. The molecule has 134 valence electrons. The SMILES string of the molecule is CC(=O)Oc1ccc2c(c1)CC[C@@H]1[C@@H]2CC[C@]2(C)/C(=C/CBr)CC[C@@H]12. The fourth-order valence-corrected chi connectivity index (χ4v) is 6.46. The summed E-state index contributed by atoms with van der Waals surface area (Å²) in [7, 11) is 0. The van der Waals surface area contributed by atoms with Crippen LogP contribution < -0.4 is 4.74 Å². The third kappa shape index (κ3) is 2.89. The van der Waals surface area contributed by atoms with Crippen LogP contribution in [0.5, 0.6) is 5.75 Å². The number of allylic oxidation sites excluding steroid dienone is 2. The fourth-order valence-electron chi connectivity index (χ4n) is 6.06. The van der Waals surface area contributed by atoms with Crippen LogP contribution in [0.3, 0.4) is 0 Å². The molecular formula is C22H27BrO2. The Bertz CT molecular complexity index is 723. The lowest BCUT2D eigenvalue weighted by molar-refractivity contribution is -0.131. The average molecular weight is 403 g/mol. The number of aryl methyl sites for hydroxylation is 1. The Hall–Kier alpha value is -1.09. The molecule has 2 saturated carbocycles. The van der Waals surface area contributed by atoms with E-state index in [2.05, 4.69) is 41.1 Å². The Balaban J connectivity index is 1.62. The largest absolute Gasteiger partial charge is 0.427 e. The Labute approximate surface area is 159 Å². The molecule has 3 heteroatoms. The number of benzene rings is 1. The zero-order chi connectivity index (χ0) is 17.6. The van der Waals surface area contributed by atoms with Gasteiger partial charge in [-0.2, -0.15) is 0 Å². The van der Waals surface area contributed by atoms with Crippen LogP contribution in [0.15, 0.2) is 29.8 Å². The summed E-state index contributed by atoms with van der Waals surface area (Å²) in [6, 6.07) is 6.32. The number of carbonyl (C=O) groups excluding carboxylic acids is 1. The normalized spacial score (nSPS) is 35.0. The molecule has 0 bridgehead atoms. The molecule has 1 aromatic rings. The van der Waals surface area contributed by atoms with Gasteiger partial charge in [0.05, 0.1) is 0 Å². The van der Waals surface area contributed by atoms with E-state index in [1.807, 2.05) is 6.07 Å². The van der Waals surface area contributed by atoms with Crippen LogP contribution in [0.2, 0.25) is 0 Å². The molecule has 0 N–H and O–H groups in total. The first-order chi connectivity index (χ1) is 12.0. The minimum Gasteiger partial charge on any atom is -0.427 e. The van der Waals surface area contributed by atoms with Crippen LogP contribution in [0.1, 0.15) is 63.0 Å². The molecule has 1 aromatic carbocycles. The standard InChI is InChI=1S/C22H27BrO2/c1-14(24)25-17-5-7-18-15(13-17)3-6-20-19(18)9-11-22(2)16(10-12-23)4-8-21(20)22/h5,7,10,13,19-21H,3-4,6,8-9,11-12H2,1-2H3/b16-10+/t19-,20-,21+,22-/m1/s1. The first-order valence-corrected chi connectivity index (χ1v) is 10.7. The number of alkyl halides is 1. The Morgan fingerprint density at radius 3 is 2.92 bits per heavy atom. The summed E-state index contributed by atoms with van der Waals surface area (Å²) < 4.78 is 5.29. The van der Waals surface area contributed by atoms with Crippen molar-refractivity contribution in [2.24, 2.45) is 17.3 Å². The molecule has 0 saturated heterocycles. The fraction of sp³-hybridized carbons (Fsp3) is 0.591. The van der Waals surface area contributed by atoms with Gasteiger partial charge in [-0.3, -0.25) is 4.79 Å². The first-order valence-electron chi connectivity index (χ1n) is 9.59. The maximum Gasteiger partial charge on any atom is 0.308 e. The summed E-state index contributed by atoms with van der Waals surface area (Å²) in [4.78, 5) is 11.2. The number of carbonyl (C=O) groups is 1. The van der Waals surface area contributed by atoms with Crippen LogP contribution in [-0.2, 0) is 11.2 Å². The molecule has 25 heavy (non-hydrogen) atoms. The van der Waals surface area contributed by atoms with Gasteiger partial charge in [-0.25, -0.2) is 0 Å². The van der Waals surface area contributed by atoms with Gasteiger partial charge in [0.1, 0.15) is 5.75 Å². The minimum atomic E-state index is -0.237. The van der Waals surface area contributed by atoms with E-state index in [0.29, 0.717) is 17.1 Å². The summed E-state index contributed by atoms with van der Waals surface area (Å²) >= 11 is 3.60. The van der Waals surface area contributed by atoms with E-state index < -0.39 is 0 Å². The Morgan fingerprint density at radius 1 is 1.32 bits per heavy atom. The molecule has 0 amide bonds. The number of ether oxygens (including phenoxy) is 1. The van der Waals surface area contributed by atoms with Crippen molar-refractivity contribution in [1.82, 2.24) is 0 Å². The quantitative estimate of drug-likeness (QED) is 0.270. The van der Waals surface area contributed by atoms with Crippen LogP contribution >= 0.6 is 15.9 Å². The summed E-state index contributed by atoms with van der Waals surface area (Å²) in [5, 5.41) is 0.987. The van der Waals surface area contributed by atoms with Gasteiger partial charge in [-0.15, -0.1) is 0 Å². The summed E-state index contributed by atoms with van der Waals surface area (Å²) in [5.41, 5.74) is 5.04. The maximum absolute atomic E-state index is 11.2. The molecule has 2 fully saturated rings. The second-order valence-electron chi connectivity index (χ2n) is 8.25. The van der Waals surface area contributed by atoms with E-state index in [1.54, 1.807) is 5.57 Å². The van der Waals surface area contributed by atoms with Crippen molar-refractivity contribution in [3.63, 3.8) is 0 Å². The molecule has 4 rings (SSSR count). The summed E-state index contributed by atoms with van der Waals surface area (Å²) in [6.07, 6.45) is 10.1. The minimum absolute atomic E-state index is 0.237. The van der Waals surface area contributed by atoms with Crippen LogP contribution in [0.4, 0.5) is 0 Å². The van der Waals surface area contributed by atoms with Gasteiger partial charge in [0.25, 0.3) is 0 Å². The third-order valence-electron chi connectivity index (χ3n) is 7.13. The lowest BCUT2D eigenvalue weighted by Gasteiger charge is -2.49. The third-order valence-corrected chi connectivity index (χ3v) is 7.45. The lowest BCUT2D eigenvalue weighted by atomic mass is 9.55. The van der Waals surface area contributed by atoms with Crippen LogP contribution in [-0.4, -0.2) is 11.3 Å². The molecule has 0 heterocycles. The number of hydrogen-bond donors (Lipinski definition) is 0. The van der Waals surface area contributed by atoms with Gasteiger partial charge >= 0.3 is 5.97 Å². The van der Waals surface area contributed by atoms with Crippen LogP contribution in [0.25, 0.3) is 0 Å². The van der Waals surface area contributed by atoms with Gasteiger partial charge in [0.15, 0.2) is 0 Å². The van der Waals surface area contributed by atoms with E-state index in [-0.39, 0.29) is 5.97 Å². The summed E-state index contributed by atoms with van der Waals surface area (Å²) in [6.45, 7) is 3.99. The Kier molecular flexibility index (Phi) is 4.56. The predicted molar refractivity (Wildman–Crippen MR) is 104 cm³/mol. The number of hydrogen-bond acceptors (Lipinski definition) is 2. The Morgan fingerprint density at radius 2 is 2.16 bits per heavy atom. The van der Waals surface area contributed by atoms with Gasteiger partial charge in [-0.1, -0.05) is 40.6 Å². The van der Waals surface area contributed by atoms with Gasteiger partial charge < -0.3 is 4.74 Å². The number of fused-ring (bicyclic) bond motifs is 5.